The van der Waals surface area contributed by atoms with E-state index in [4.69, 9.17) is 5.73 Å². The molecule has 1 atom stereocenters. The molecule has 1 amide bonds. The Labute approximate surface area is 105 Å². The summed E-state index contributed by atoms with van der Waals surface area (Å²) >= 11 is 0. The Hall–Kier alpha value is -0.570. The first-order chi connectivity index (χ1) is 8.17. The largest absolute Gasteiger partial charge is 0.341 e. The number of likely N-dealkylation sites (tertiary alicyclic amines) is 1. The average Bonchev–Trinajstić information content (AvgIpc) is 2.39. The lowest BCUT2D eigenvalue weighted by molar-refractivity contribution is -0.135. The van der Waals surface area contributed by atoms with Crippen LogP contribution < -0.4 is 5.73 Å². The molecule has 2 aliphatic rings. The third kappa shape index (κ3) is 2.82. The molecule has 1 spiro atoms. The zero-order chi connectivity index (χ0) is 12.3. The number of amides is 1. The third-order valence-electron chi connectivity index (χ3n) is 4.81. The van der Waals surface area contributed by atoms with Crippen molar-refractivity contribution in [1.29, 1.82) is 0 Å². The number of carbonyl (C=O) groups excluding carboxylic acids is 1. The first-order valence-corrected chi connectivity index (χ1v) is 7.21. The van der Waals surface area contributed by atoms with E-state index in [1.807, 2.05) is 11.8 Å². The predicted molar refractivity (Wildman–Crippen MR) is 69.6 cm³/mol. The van der Waals surface area contributed by atoms with Gasteiger partial charge in [0.25, 0.3) is 0 Å². The Morgan fingerprint density at radius 3 is 2.29 bits per heavy atom. The minimum atomic E-state index is -0.282. The molecule has 3 heteroatoms. The van der Waals surface area contributed by atoms with E-state index in [0.29, 0.717) is 5.41 Å². The van der Waals surface area contributed by atoms with Crippen LogP contribution in [-0.4, -0.2) is 29.9 Å². The van der Waals surface area contributed by atoms with Crippen molar-refractivity contribution in [2.24, 2.45) is 11.1 Å². The van der Waals surface area contributed by atoms with Gasteiger partial charge in [0.1, 0.15) is 0 Å². The Bertz CT molecular complexity index is 261. The summed E-state index contributed by atoms with van der Waals surface area (Å²) in [7, 11) is 0. The Balaban J connectivity index is 1.87. The van der Waals surface area contributed by atoms with Gasteiger partial charge in [0.05, 0.1) is 6.04 Å². The summed E-state index contributed by atoms with van der Waals surface area (Å²) in [6.07, 6.45) is 10.1. The van der Waals surface area contributed by atoms with Crippen molar-refractivity contribution in [2.45, 2.75) is 64.3 Å². The maximum atomic E-state index is 12.0. The van der Waals surface area contributed by atoms with Gasteiger partial charge in [-0.1, -0.05) is 26.2 Å². The van der Waals surface area contributed by atoms with Crippen LogP contribution in [0.25, 0.3) is 0 Å². The van der Waals surface area contributed by atoms with Crippen molar-refractivity contribution in [3.8, 4) is 0 Å². The maximum absolute atomic E-state index is 12.0. The van der Waals surface area contributed by atoms with E-state index in [1.54, 1.807) is 0 Å². The molecule has 1 saturated carbocycles. The highest BCUT2D eigenvalue weighted by atomic mass is 16.2. The first kappa shape index (κ1) is 12.9. The van der Waals surface area contributed by atoms with Gasteiger partial charge < -0.3 is 10.6 Å². The number of carbonyl (C=O) groups is 1. The van der Waals surface area contributed by atoms with Crippen LogP contribution in [0, 0.1) is 5.41 Å². The SMILES string of the molecule is CC[C@@H](N)C(=O)N1CCC2(CCCCC2)CC1. The maximum Gasteiger partial charge on any atom is 0.239 e. The number of hydrogen-bond donors (Lipinski definition) is 1. The van der Waals surface area contributed by atoms with Crippen molar-refractivity contribution >= 4 is 5.91 Å². The second kappa shape index (κ2) is 5.38. The minimum Gasteiger partial charge on any atom is -0.341 e. The first-order valence-electron chi connectivity index (χ1n) is 7.21. The van der Waals surface area contributed by atoms with Crippen LogP contribution in [0.5, 0.6) is 0 Å². The summed E-state index contributed by atoms with van der Waals surface area (Å²) in [6, 6.07) is -0.282. The molecule has 1 saturated heterocycles. The summed E-state index contributed by atoms with van der Waals surface area (Å²) in [4.78, 5) is 14.0. The van der Waals surface area contributed by atoms with Gasteiger partial charge in [0.15, 0.2) is 0 Å². The molecule has 1 heterocycles. The molecule has 17 heavy (non-hydrogen) atoms. The van der Waals surface area contributed by atoms with E-state index in [2.05, 4.69) is 0 Å². The van der Waals surface area contributed by atoms with Crippen LogP contribution in [-0.2, 0) is 4.79 Å². The lowest BCUT2D eigenvalue weighted by Gasteiger charge is -2.44. The molecule has 0 aromatic rings. The summed E-state index contributed by atoms with van der Waals surface area (Å²) < 4.78 is 0. The number of rotatable bonds is 2. The van der Waals surface area contributed by atoms with Gasteiger partial charge in [-0.2, -0.15) is 0 Å². The van der Waals surface area contributed by atoms with E-state index in [1.165, 1.54) is 44.9 Å². The number of piperidine rings is 1. The number of nitrogens with zero attached hydrogens (tertiary/aromatic N) is 1. The van der Waals surface area contributed by atoms with Crippen LogP contribution in [0.2, 0.25) is 0 Å². The van der Waals surface area contributed by atoms with Crippen LogP contribution in [0.3, 0.4) is 0 Å². The second-order valence-electron chi connectivity index (χ2n) is 5.90. The molecule has 1 aliphatic carbocycles. The molecule has 3 nitrogen and oxygen atoms in total. The van der Waals surface area contributed by atoms with Crippen LogP contribution in [0.15, 0.2) is 0 Å². The molecule has 98 valence electrons. The lowest BCUT2D eigenvalue weighted by atomic mass is 9.68. The summed E-state index contributed by atoms with van der Waals surface area (Å²) in [5.41, 5.74) is 6.40. The number of hydrogen-bond acceptors (Lipinski definition) is 2. The van der Waals surface area contributed by atoms with Crippen molar-refractivity contribution < 1.29 is 4.79 Å². The molecule has 0 bridgehead atoms. The van der Waals surface area contributed by atoms with Gasteiger partial charge in [-0.3, -0.25) is 4.79 Å². The highest BCUT2D eigenvalue weighted by Gasteiger charge is 2.37. The Kier molecular flexibility index (Phi) is 4.08. The zero-order valence-electron chi connectivity index (χ0n) is 11.1. The third-order valence-corrected chi connectivity index (χ3v) is 4.81. The van der Waals surface area contributed by atoms with Gasteiger partial charge in [0.2, 0.25) is 5.91 Å². The van der Waals surface area contributed by atoms with Gasteiger partial charge in [-0.15, -0.1) is 0 Å². The quantitative estimate of drug-likeness (QED) is 0.802. The van der Waals surface area contributed by atoms with Gasteiger partial charge >= 0.3 is 0 Å². The zero-order valence-corrected chi connectivity index (χ0v) is 11.1. The topological polar surface area (TPSA) is 46.3 Å². The number of nitrogens with two attached hydrogens (primary N) is 1. The van der Waals surface area contributed by atoms with E-state index in [9.17, 15) is 4.79 Å². The molecular formula is C14H26N2O. The van der Waals surface area contributed by atoms with Crippen molar-refractivity contribution in [1.82, 2.24) is 4.90 Å². The normalized spacial score (nSPS) is 25.9. The Morgan fingerprint density at radius 2 is 1.76 bits per heavy atom. The fraction of sp³-hybridized carbons (Fsp3) is 0.929. The van der Waals surface area contributed by atoms with Gasteiger partial charge in [-0.05, 0) is 37.5 Å². The molecule has 0 aromatic carbocycles. The fourth-order valence-electron chi connectivity index (χ4n) is 3.41. The smallest absolute Gasteiger partial charge is 0.239 e. The van der Waals surface area contributed by atoms with Crippen LogP contribution in [0.4, 0.5) is 0 Å². The summed E-state index contributed by atoms with van der Waals surface area (Å²) in [5, 5.41) is 0. The molecule has 0 aromatic heterocycles. The van der Waals surface area contributed by atoms with Crippen LogP contribution >= 0.6 is 0 Å². The van der Waals surface area contributed by atoms with Gasteiger partial charge in [0, 0.05) is 13.1 Å². The minimum absolute atomic E-state index is 0.165. The monoisotopic (exact) mass is 238 g/mol. The standard InChI is InChI=1S/C14H26N2O/c1-2-12(15)13(17)16-10-8-14(9-11-16)6-4-3-5-7-14/h12H,2-11,15H2,1H3/t12-/m1/s1. The van der Waals surface area contributed by atoms with E-state index >= 15 is 0 Å². The summed E-state index contributed by atoms with van der Waals surface area (Å²) in [6.45, 7) is 3.86. The van der Waals surface area contributed by atoms with E-state index in [-0.39, 0.29) is 11.9 Å². The molecule has 2 N–H and O–H groups in total. The molecule has 1 aliphatic heterocycles. The van der Waals surface area contributed by atoms with Crippen molar-refractivity contribution in [2.75, 3.05) is 13.1 Å². The molecule has 2 rings (SSSR count). The molecule has 0 unspecified atom stereocenters. The Morgan fingerprint density at radius 1 is 1.18 bits per heavy atom. The highest BCUT2D eigenvalue weighted by molar-refractivity contribution is 5.81. The second-order valence-corrected chi connectivity index (χ2v) is 5.90. The molecule has 0 radical (unpaired) electrons. The fourth-order valence-corrected chi connectivity index (χ4v) is 3.41. The summed E-state index contributed by atoms with van der Waals surface area (Å²) in [5.74, 6) is 0.165. The van der Waals surface area contributed by atoms with Gasteiger partial charge in [-0.25, -0.2) is 0 Å². The molecular weight excluding hydrogens is 212 g/mol. The van der Waals surface area contributed by atoms with Crippen molar-refractivity contribution in [3.63, 3.8) is 0 Å². The van der Waals surface area contributed by atoms with Crippen molar-refractivity contribution in [3.05, 3.63) is 0 Å². The van der Waals surface area contributed by atoms with E-state index < -0.39 is 0 Å². The van der Waals surface area contributed by atoms with E-state index in [0.717, 1.165) is 19.5 Å². The van der Waals surface area contributed by atoms with Crippen LogP contribution in [0.1, 0.15) is 58.3 Å². The highest BCUT2D eigenvalue weighted by Crippen LogP contribution is 2.44. The lowest BCUT2D eigenvalue weighted by Crippen LogP contribution is -2.49. The average molecular weight is 238 g/mol. The predicted octanol–water partition coefficient (Wildman–Crippen LogP) is 2.30. The molecule has 2 fully saturated rings.